The summed E-state index contributed by atoms with van der Waals surface area (Å²) in [5, 5.41) is 11.1. The van der Waals surface area contributed by atoms with Crippen molar-refractivity contribution in [1.29, 1.82) is 0 Å². The Morgan fingerprint density at radius 1 is 0.484 bits per heavy atom. The molecule has 1 heterocycles. The van der Waals surface area contributed by atoms with Crippen LogP contribution < -0.4 is 5.32 Å². The summed E-state index contributed by atoms with van der Waals surface area (Å²) in [6, 6.07) is 28.7. The van der Waals surface area contributed by atoms with Gasteiger partial charge in [0.1, 0.15) is 0 Å². The van der Waals surface area contributed by atoms with E-state index in [1.54, 1.807) is 0 Å². The number of amides is 2. The van der Waals surface area contributed by atoms with Crippen LogP contribution in [0.25, 0.3) is 54.2 Å². The number of carbonyl (C=O) groups excluding carboxylic acids is 2. The average Bonchev–Trinajstić information content (AvgIpc) is 2.81. The van der Waals surface area contributed by atoms with Crippen molar-refractivity contribution in [2.24, 2.45) is 0 Å². The highest BCUT2D eigenvalue weighted by Crippen LogP contribution is 2.46. The third-order valence-corrected chi connectivity index (χ3v) is 6.55. The largest absolute Gasteiger partial charge is 0.288 e. The zero-order valence-corrected chi connectivity index (χ0v) is 16.4. The predicted octanol–water partition coefficient (Wildman–Crippen LogP) is 6.29. The minimum Gasteiger partial charge on any atom is -0.288 e. The van der Waals surface area contributed by atoms with Gasteiger partial charge in [0.25, 0.3) is 11.8 Å². The van der Waals surface area contributed by atoms with Crippen LogP contribution in [0.4, 0.5) is 0 Å². The number of imide groups is 1. The van der Waals surface area contributed by atoms with E-state index in [4.69, 9.17) is 0 Å². The van der Waals surface area contributed by atoms with Crippen LogP contribution in [0.1, 0.15) is 20.7 Å². The first-order valence-corrected chi connectivity index (χ1v) is 10.3. The van der Waals surface area contributed by atoms with Gasteiger partial charge in [-0.05, 0) is 61.0 Å². The molecule has 0 saturated carbocycles. The molecule has 0 radical (unpaired) electrons. The number of fused-ring (bicyclic) bond motifs is 2. The van der Waals surface area contributed by atoms with Gasteiger partial charge in [-0.15, -0.1) is 0 Å². The predicted molar refractivity (Wildman–Crippen MR) is 125 cm³/mol. The maximum absolute atomic E-state index is 12.9. The number of benzene rings is 6. The quantitative estimate of drug-likeness (QED) is 0.201. The molecule has 0 aromatic heterocycles. The lowest BCUT2D eigenvalue weighted by molar-refractivity contribution is 0.0845. The van der Waals surface area contributed by atoms with Crippen LogP contribution in [0, 0.1) is 0 Å². The maximum atomic E-state index is 12.9. The molecule has 3 nitrogen and oxygen atoms in total. The van der Waals surface area contributed by atoms with Gasteiger partial charge in [0.05, 0.1) is 0 Å². The molecule has 3 heteroatoms. The number of hydrogen-bond donors (Lipinski definition) is 1. The van der Waals surface area contributed by atoms with Gasteiger partial charge in [0.15, 0.2) is 0 Å². The van der Waals surface area contributed by atoms with Gasteiger partial charge in [0.2, 0.25) is 0 Å². The molecule has 2 amide bonds. The van der Waals surface area contributed by atoms with E-state index in [0.717, 1.165) is 43.4 Å². The molecule has 0 fully saturated rings. The molecule has 0 saturated heterocycles. The Kier molecular flexibility index (Phi) is 3.03. The number of carbonyl (C=O) groups is 2. The Morgan fingerprint density at radius 3 is 2.00 bits per heavy atom. The van der Waals surface area contributed by atoms with E-state index < -0.39 is 0 Å². The van der Waals surface area contributed by atoms with Crippen molar-refractivity contribution in [1.82, 2.24) is 5.32 Å². The van der Waals surface area contributed by atoms with Gasteiger partial charge in [-0.3, -0.25) is 14.9 Å². The summed E-state index contributed by atoms with van der Waals surface area (Å²) in [6.45, 7) is 0. The zero-order chi connectivity index (χ0) is 20.7. The fourth-order valence-electron chi connectivity index (χ4n) is 5.29. The first-order valence-electron chi connectivity index (χ1n) is 10.3. The summed E-state index contributed by atoms with van der Waals surface area (Å²) in [5.41, 5.74) is 3.17. The summed E-state index contributed by atoms with van der Waals surface area (Å²) in [6.07, 6.45) is 0. The minimum absolute atomic E-state index is 0.334. The lowest BCUT2D eigenvalue weighted by Gasteiger charge is -2.23. The molecule has 0 unspecified atom stereocenters. The van der Waals surface area contributed by atoms with E-state index in [0.29, 0.717) is 11.1 Å². The van der Waals surface area contributed by atoms with Crippen LogP contribution in [-0.4, -0.2) is 11.8 Å². The molecular weight excluding hydrogens is 382 g/mol. The molecule has 0 spiro atoms. The van der Waals surface area contributed by atoms with Crippen molar-refractivity contribution in [3.8, 4) is 11.1 Å². The zero-order valence-electron chi connectivity index (χ0n) is 16.4. The summed E-state index contributed by atoms with van der Waals surface area (Å²) in [7, 11) is 0. The van der Waals surface area contributed by atoms with Crippen LogP contribution in [0.15, 0.2) is 84.9 Å². The smallest absolute Gasteiger partial charge is 0.258 e. The minimum atomic E-state index is -0.338. The molecule has 6 aromatic carbocycles. The van der Waals surface area contributed by atoms with Crippen LogP contribution in [0.2, 0.25) is 0 Å². The van der Waals surface area contributed by atoms with E-state index in [1.165, 1.54) is 10.8 Å². The fourth-order valence-corrected chi connectivity index (χ4v) is 5.29. The number of nitrogens with one attached hydrogen (secondary N) is 1. The van der Waals surface area contributed by atoms with Crippen molar-refractivity contribution < 1.29 is 9.59 Å². The molecule has 1 aliphatic rings. The van der Waals surface area contributed by atoms with Crippen molar-refractivity contribution in [3.05, 3.63) is 96.1 Å². The normalized spacial score (nSPS) is 13.5. The molecule has 31 heavy (non-hydrogen) atoms. The molecule has 0 aliphatic carbocycles. The van der Waals surface area contributed by atoms with Gasteiger partial charge in [-0.1, -0.05) is 72.8 Å². The summed E-state index contributed by atoms with van der Waals surface area (Å²) in [4.78, 5) is 25.6. The van der Waals surface area contributed by atoms with E-state index >= 15 is 0 Å². The van der Waals surface area contributed by atoms with Gasteiger partial charge in [0, 0.05) is 16.5 Å². The Hall–Kier alpha value is -4.24. The first kappa shape index (κ1) is 16.5. The maximum Gasteiger partial charge on any atom is 0.258 e. The summed E-state index contributed by atoms with van der Waals surface area (Å²) < 4.78 is 0. The lowest BCUT2D eigenvalue weighted by Crippen LogP contribution is -2.34. The number of rotatable bonds is 1. The first-order chi connectivity index (χ1) is 15.2. The van der Waals surface area contributed by atoms with E-state index in [2.05, 4.69) is 53.8 Å². The second-order valence-electron chi connectivity index (χ2n) is 8.12. The SMILES string of the molecule is O=C1NC(=O)c2cc(-c3ccccc3)c3c4cccc5cccc(c6ccc1c2c63)c54. The lowest BCUT2D eigenvalue weighted by atomic mass is 9.82. The van der Waals surface area contributed by atoms with Gasteiger partial charge in [-0.2, -0.15) is 0 Å². The van der Waals surface area contributed by atoms with Crippen molar-refractivity contribution in [3.63, 3.8) is 0 Å². The molecule has 6 aromatic rings. The van der Waals surface area contributed by atoms with E-state index in [9.17, 15) is 9.59 Å². The molecule has 0 bridgehead atoms. The van der Waals surface area contributed by atoms with Crippen LogP contribution in [0.5, 0.6) is 0 Å². The summed E-state index contributed by atoms with van der Waals surface area (Å²) >= 11 is 0. The van der Waals surface area contributed by atoms with Crippen molar-refractivity contribution in [2.75, 3.05) is 0 Å². The van der Waals surface area contributed by atoms with Gasteiger partial charge < -0.3 is 0 Å². The molecule has 144 valence electrons. The Morgan fingerprint density at radius 2 is 1.19 bits per heavy atom. The van der Waals surface area contributed by atoms with Crippen LogP contribution in [0.3, 0.4) is 0 Å². The third-order valence-electron chi connectivity index (χ3n) is 6.55. The van der Waals surface area contributed by atoms with Crippen LogP contribution >= 0.6 is 0 Å². The third kappa shape index (κ3) is 2.02. The fraction of sp³-hybridized carbons (Fsp3) is 0. The van der Waals surface area contributed by atoms with Crippen LogP contribution in [-0.2, 0) is 0 Å². The second kappa shape index (κ2) is 5.67. The molecular formula is C28H15NO2. The molecule has 0 atom stereocenters. The van der Waals surface area contributed by atoms with Crippen molar-refractivity contribution in [2.45, 2.75) is 0 Å². The van der Waals surface area contributed by atoms with E-state index in [1.807, 2.05) is 36.4 Å². The van der Waals surface area contributed by atoms with E-state index in [-0.39, 0.29) is 11.8 Å². The Bertz CT molecular complexity index is 1730. The summed E-state index contributed by atoms with van der Waals surface area (Å²) in [5.74, 6) is -0.671. The standard InChI is InChI=1S/C28H15NO2/c30-27-20-13-12-18-17-10-4-8-16-9-5-11-19(23(16)17)24-21(15-6-2-1-3-7-15)14-22(28(31)29-27)25(20)26(18)24/h1-14H,(H,29,30,31). The highest BCUT2D eigenvalue weighted by molar-refractivity contribution is 6.40. The highest BCUT2D eigenvalue weighted by atomic mass is 16.2. The second-order valence-corrected chi connectivity index (χ2v) is 8.12. The monoisotopic (exact) mass is 397 g/mol. The topological polar surface area (TPSA) is 46.2 Å². The van der Waals surface area contributed by atoms with Gasteiger partial charge >= 0.3 is 0 Å². The number of hydrogen-bond acceptors (Lipinski definition) is 2. The molecule has 1 N–H and O–H groups in total. The average molecular weight is 397 g/mol. The molecule has 7 rings (SSSR count). The Balaban J connectivity index is 1.87. The molecule has 1 aliphatic heterocycles. The van der Waals surface area contributed by atoms with Crippen molar-refractivity contribution >= 4 is 54.9 Å². The highest BCUT2D eigenvalue weighted by Gasteiger charge is 2.29. The Labute approximate surface area is 177 Å². The van der Waals surface area contributed by atoms with Gasteiger partial charge in [-0.25, -0.2) is 0 Å².